The number of aryl methyl sites for hydroxylation is 1. The lowest BCUT2D eigenvalue weighted by Crippen LogP contribution is -2.26. The maximum atomic E-state index is 11.9. The second-order valence-electron chi connectivity index (χ2n) is 4.33. The van der Waals surface area contributed by atoms with E-state index in [1.165, 1.54) is 0 Å². The molecule has 2 aromatic heterocycles. The number of imidazole rings is 1. The number of H-pyrrole nitrogens is 1. The van der Waals surface area contributed by atoms with E-state index in [-0.39, 0.29) is 5.91 Å². The van der Waals surface area contributed by atoms with Gasteiger partial charge in [-0.05, 0) is 25.5 Å². The highest BCUT2D eigenvalue weighted by molar-refractivity contribution is 5.92. The van der Waals surface area contributed by atoms with Gasteiger partial charge in [-0.1, -0.05) is 6.07 Å². The third-order valence-corrected chi connectivity index (χ3v) is 2.77. The zero-order chi connectivity index (χ0) is 14.2. The molecule has 0 radical (unpaired) electrons. The van der Waals surface area contributed by atoms with E-state index in [9.17, 15) is 4.79 Å². The quantitative estimate of drug-likeness (QED) is 0.669. The van der Waals surface area contributed by atoms with Crippen LogP contribution in [0.1, 0.15) is 29.7 Å². The van der Waals surface area contributed by atoms with Crippen molar-refractivity contribution in [1.29, 1.82) is 0 Å². The molecule has 1 amide bonds. The van der Waals surface area contributed by atoms with Gasteiger partial charge in [-0.25, -0.2) is 9.97 Å². The number of rotatable bonds is 7. The molecule has 0 saturated heterocycles. The number of pyridine rings is 1. The highest BCUT2D eigenvalue weighted by Crippen LogP contribution is 2.04. The molecule has 6 nitrogen and oxygen atoms in total. The summed E-state index contributed by atoms with van der Waals surface area (Å²) in [6.45, 7) is 3.37. The Morgan fingerprint density at radius 1 is 1.40 bits per heavy atom. The molecule has 2 aromatic rings. The van der Waals surface area contributed by atoms with Gasteiger partial charge in [0.15, 0.2) is 0 Å². The van der Waals surface area contributed by atoms with Crippen LogP contribution in [0.2, 0.25) is 0 Å². The standard InChI is InChI=1S/C14H19N5O/c1-2-15-13-6-3-5-11(19-13)14(20)18-8-4-7-12-16-9-10-17-12/h3,5-6,9-10H,2,4,7-8H2,1H3,(H,15,19)(H,16,17)(H,18,20). The van der Waals surface area contributed by atoms with Gasteiger partial charge < -0.3 is 15.6 Å². The summed E-state index contributed by atoms with van der Waals surface area (Å²) in [6.07, 6.45) is 5.18. The minimum atomic E-state index is -0.149. The lowest BCUT2D eigenvalue weighted by molar-refractivity contribution is 0.0948. The van der Waals surface area contributed by atoms with Crippen LogP contribution in [0.3, 0.4) is 0 Å². The molecule has 0 bridgehead atoms. The van der Waals surface area contributed by atoms with Crippen LogP contribution in [-0.4, -0.2) is 33.9 Å². The Morgan fingerprint density at radius 2 is 2.30 bits per heavy atom. The summed E-state index contributed by atoms with van der Waals surface area (Å²) in [6, 6.07) is 5.38. The number of aromatic nitrogens is 3. The van der Waals surface area contributed by atoms with Crippen LogP contribution in [0.5, 0.6) is 0 Å². The summed E-state index contributed by atoms with van der Waals surface area (Å²) in [5.74, 6) is 1.51. The Kier molecular flexibility index (Phi) is 5.11. The summed E-state index contributed by atoms with van der Waals surface area (Å²) >= 11 is 0. The number of aromatic amines is 1. The summed E-state index contributed by atoms with van der Waals surface area (Å²) in [5.41, 5.74) is 0.432. The van der Waals surface area contributed by atoms with Crippen LogP contribution in [0.4, 0.5) is 5.82 Å². The first-order chi connectivity index (χ1) is 9.79. The lowest BCUT2D eigenvalue weighted by Gasteiger charge is -2.06. The highest BCUT2D eigenvalue weighted by atomic mass is 16.1. The molecule has 0 aliphatic carbocycles. The normalized spacial score (nSPS) is 10.2. The van der Waals surface area contributed by atoms with Gasteiger partial charge in [0.1, 0.15) is 17.3 Å². The number of hydrogen-bond donors (Lipinski definition) is 3. The van der Waals surface area contributed by atoms with E-state index in [2.05, 4.69) is 25.6 Å². The first-order valence-corrected chi connectivity index (χ1v) is 6.77. The first kappa shape index (κ1) is 14.0. The van der Waals surface area contributed by atoms with Gasteiger partial charge in [0.2, 0.25) is 0 Å². The molecular weight excluding hydrogens is 254 g/mol. The molecule has 2 rings (SSSR count). The third-order valence-electron chi connectivity index (χ3n) is 2.77. The molecule has 0 unspecified atom stereocenters. The predicted molar refractivity (Wildman–Crippen MR) is 77.6 cm³/mol. The van der Waals surface area contributed by atoms with Crippen molar-refractivity contribution in [2.24, 2.45) is 0 Å². The number of anilines is 1. The van der Waals surface area contributed by atoms with Gasteiger partial charge in [0, 0.05) is 31.9 Å². The number of carbonyl (C=O) groups excluding carboxylic acids is 1. The average Bonchev–Trinajstić information content (AvgIpc) is 2.97. The van der Waals surface area contributed by atoms with E-state index in [4.69, 9.17) is 0 Å². The largest absolute Gasteiger partial charge is 0.370 e. The molecule has 106 valence electrons. The van der Waals surface area contributed by atoms with Gasteiger partial charge >= 0.3 is 0 Å². The van der Waals surface area contributed by atoms with Crippen molar-refractivity contribution in [2.45, 2.75) is 19.8 Å². The fourth-order valence-corrected chi connectivity index (χ4v) is 1.82. The van der Waals surface area contributed by atoms with Crippen molar-refractivity contribution < 1.29 is 4.79 Å². The Bertz CT molecular complexity index is 538. The van der Waals surface area contributed by atoms with Crippen LogP contribution in [0, 0.1) is 0 Å². The highest BCUT2D eigenvalue weighted by Gasteiger charge is 2.07. The molecule has 2 heterocycles. The molecule has 0 aliphatic rings. The van der Waals surface area contributed by atoms with Crippen molar-refractivity contribution >= 4 is 11.7 Å². The van der Waals surface area contributed by atoms with Crippen LogP contribution >= 0.6 is 0 Å². The molecule has 20 heavy (non-hydrogen) atoms. The molecule has 0 aromatic carbocycles. The van der Waals surface area contributed by atoms with Crippen molar-refractivity contribution in [1.82, 2.24) is 20.3 Å². The number of amides is 1. The van der Waals surface area contributed by atoms with E-state index >= 15 is 0 Å². The monoisotopic (exact) mass is 273 g/mol. The lowest BCUT2D eigenvalue weighted by atomic mass is 10.3. The van der Waals surface area contributed by atoms with Crippen LogP contribution in [-0.2, 0) is 6.42 Å². The van der Waals surface area contributed by atoms with E-state index in [0.717, 1.165) is 31.0 Å². The topological polar surface area (TPSA) is 82.7 Å². The van der Waals surface area contributed by atoms with Gasteiger partial charge in [0.25, 0.3) is 5.91 Å². The zero-order valence-electron chi connectivity index (χ0n) is 11.5. The summed E-state index contributed by atoms with van der Waals surface area (Å²) < 4.78 is 0. The van der Waals surface area contributed by atoms with Gasteiger partial charge in [-0.3, -0.25) is 4.79 Å². The Morgan fingerprint density at radius 3 is 3.05 bits per heavy atom. The number of carbonyl (C=O) groups is 1. The smallest absolute Gasteiger partial charge is 0.269 e. The minimum Gasteiger partial charge on any atom is -0.370 e. The molecule has 0 spiro atoms. The molecular formula is C14H19N5O. The van der Waals surface area contributed by atoms with Crippen LogP contribution in [0.25, 0.3) is 0 Å². The predicted octanol–water partition coefficient (Wildman–Crippen LogP) is 1.60. The fraction of sp³-hybridized carbons (Fsp3) is 0.357. The minimum absolute atomic E-state index is 0.149. The zero-order valence-corrected chi connectivity index (χ0v) is 11.5. The molecule has 3 N–H and O–H groups in total. The van der Waals surface area contributed by atoms with Crippen molar-refractivity contribution in [3.8, 4) is 0 Å². The van der Waals surface area contributed by atoms with Crippen molar-refractivity contribution in [3.05, 3.63) is 42.1 Å². The number of hydrogen-bond acceptors (Lipinski definition) is 4. The molecule has 0 aliphatic heterocycles. The number of nitrogens with one attached hydrogen (secondary N) is 3. The molecule has 0 fully saturated rings. The van der Waals surface area contributed by atoms with E-state index in [1.54, 1.807) is 18.5 Å². The average molecular weight is 273 g/mol. The van der Waals surface area contributed by atoms with Crippen LogP contribution in [0.15, 0.2) is 30.6 Å². The summed E-state index contributed by atoms with van der Waals surface area (Å²) in [7, 11) is 0. The fourth-order valence-electron chi connectivity index (χ4n) is 1.82. The number of nitrogens with zero attached hydrogens (tertiary/aromatic N) is 2. The van der Waals surface area contributed by atoms with E-state index < -0.39 is 0 Å². The Labute approximate surface area is 118 Å². The second-order valence-corrected chi connectivity index (χ2v) is 4.33. The molecule has 0 atom stereocenters. The maximum absolute atomic E-state index is 11.9. The summed E-state index contributed by atoms with van der Waals surface area (Å²) in [4.78, 5) is 23.4. The van der Waals surface area contributed by atoms with Gasteiger partial charge in [0.05, 0.1) is 0 Å². The first-order valence-electron chi connectivity index (χ1n) is 6.77. The van der Waals surface area contributed by atoms with Crippen LogP contribution < -0.4 is 10.6 Å². The SMILES string of the molecule is CCNc1cccc(C(=O)NCCCc2ncc[nH]2)n1. The molecule has 0 saturated carbocycles. The van der Waals surface area contributed by atoms with Gasteiger partial charge in [-0.15, -0.1) is 0 Å². The van der Waals surface area contributed by atoms with Crippen molar-refractivity contribution in [2.75, 3.05) is 18.4 Å². The summed E-state index contributed by atoms with van der Waals surface area (Å²) in [5, 5.41) is 5.94. The van der Waals surface area contributed by atoms with E-state index in [0.29, 0.717) is 12.2 Å². The van der Waals surface area contributed by atoms with Gasteiger partial charge in [-0.2, -0.15) is 0 Å². The Balaban J connectivity index is 1.78. The van der Waals surface area contributed by atoms with E-state index in [1.807, 2.05) is 19.1 Å². The Hall–Kier alpha value is -2.37. The maximum Gasteiger partial charge on any atom is 0.269 e. The second kappa shape index (κ2) is 7.28. The third kappa shape index (κ3) is 4.08. The molecule has 6 heteroatoms. The van der Waals surface area contributed by atoms with Crippen molar-refractivity contribution in [3.63, 3.8) is 0 Å².